The third-order valence-corrected chi connectivity index (χ3v) is 4.66. The third kappa shape index (κ3) is 2.40. The molecule has 1 saturated heterocycles. The van der Waals surface area contributed by atoms with Crippen molar-refractivity contribution in [3.8, 4) is 0 Å². The van der Waals surface area contributed by atoms with Gasteiger partial charge in [-0.15, -0.1) is 0 Å². The average Bonchev–Trinajstić information content (AvgIpc) is 3.20. The number of aryl methyl sites for hydroxylation is 1. The molecule has 1 aliphatic heterocycles. The molecule has 0 bridgehead atoms. The van der Waals surface area contributed by atoms with Gasteiger partial charge in [-0.1, -0.05) is 18.2 Å². The smallest absolute Gasteiger partial charge is 0.275 e. The number of nitrogens with zero attached hydrogens (tertiary/aromatic N) is 3. The largest absolute Gasteiger partial charge is 0.337 e. The average molecular weight is 309 g/mol. The molecule has 3 aromatic rings. The molecule has 1 aliphatic rings. The Bertz CT molecular complexity index is 849. The zero-order valence-corrected chi connectivity index (χ0v) is 13.0. The highest BCUT2D eigenvalue weighted by Crippen LogP contribution is 2.28. The van der Waals surface area contributed by atoms with Gasteiger partial charge >= 0.3 is 0 Å². The number of fused-ring (bicyclic) bond motifs is 1. The van der Waals surface area contributed by atoms with Gasteiger partial charge in [0, 0.05) is 30.1 Å². The van der Waals surface area contributed by atoms with Crippen molar-refractivity contribution >= 4 is 16.8 Å². The molecular weight excluding hydrogens is 290 g/mol. The molecule has 1 fully saturated rings. The number of piperidine rings is 1. The molecule has 0 saturated carbocycles. The number of likely N-dealkylation sites (tertiary alicyclic amines) is 1. The molecule has 118 valence electrons. The zero-order valence-electron chi connectivity index (χ0n) is 13.0. The van der Waals surface area contributed by atoms with Crippen LogP contribution in [0.15, 0.2) is 30.5 Å². The molecular formula is C17H19N5O. The van der Waals surface area contributed by atoms with Crippen molar-refractivity contribution in [2.45, 2.75) is 25.7 Å². The highest BCUT2D eigenvalue weighted by Gasteiger charge is 2.29. The van der Waals surface area contributed by atoms with Crippen LogP contribution in [0.4, 0.5) is 0 Å². The van der Waals surface area contributed by atoms with Gasteiger partial charge in [0.2, 0.25) is 0 Å². The van der Waals surface area contributed by atoms with Gasteiger partial charge in [0.15, 0.2) is 5.69 Å². The van der Waals surface area contributed by atoms with Gasteiger partial charge in [0.25, 0.3) is 5.91 Å². The number of aromatic amines is 2. The van der Waals surface area contributed by atoms with Crippen molar-refractivity contribution < 1.29 is 4.79 Å². The Balaban J connectivity index is 1.60. The fraction of sp³-hybridized carbons (Fsp3) is 0.353. The Morgan fingerprint density at radius 1 is 1.30 bits per heavy atom. The van der Waals surface area contributed by atoms with E-state index in [1.165, 1.54) is 0 Å². The van der Waals surface area contributed by atoms with E-state index in [1.54, 1.807) is 0 Å². The third-order valence-electron chi connectivity index (χ3n) is 4.66. The number of benzene rings is 1. The van der Waals surface area contributed by atoms with Crippen LogP contribution in [0.2, 0.25) is 0 Å². The topological polar surface area (TPSA) is 77.7 Å². The molecule has 0 unspecified atom stereocenters. The number of H-pyrrole nitrogens is 2. The lowest BCUT2D eigenvalue weighted by Crippen LogP contribution is -2.39. The van der Waals surface area contributed by atoms with Crippen LogP contribution < -0.4 is 0 Å². The maximum atomic E-state index is 12.9. The summed E-state index contributed by atoms with van der Waals surface area (Å²) in [7, 11) is 0. The number of carbonyl (C=O) groups is 1. The summed E-state index contributed by atoms with van der Waals surface area (Å²) >= 11 is 0. The molecule has 1 atom stereocenters. The van der Waals surface area contributed by atoms with E-state index in [2.05, 4.69) is 27.3 Å². The molecule has 6 heteroatoms. The molecule has 4 rings (SSSR count). The molecule has 1 amide bonds. The number of aromatic nitrogens is 4. The van der Waals surface area contributed by atoms with Crippen molar-refractivity contribution in [1.29, 1.82) is 0 Å². The van der Waals surface area contributed by atoms with Crippen molar-refractivity contribution in [3.05, 3.63) is 47.4 Å². The first kappa shape index (κ1) is 14.0. The number of hydrogen-bond acceptors (Lipinski definition) is 3. The fourth-order valence-corrected chi connectivity index (χ4v) is 3.44. The predicted octanol–water partition coefficient (Wildman–Crippen LogP) is 2.61. The number of para-hydroxylation sites is 1. The summed E-state index contributed by atoms with van der Waals surface area (Å²) in [6.45, 7) is 3.55. The van der Waals surface area contributed by atoms with Gasteiger partial charge in [0.1, 0.15) is 0 Å². The summed E-state index contributed by atoms with van der Waals surface area (Å²) in [5.74, 6) is 0.324. The summed E-state index contributed by atoms with van der Waals surface area (Å²) in [5, 5.41) is 15.3. The number of amides is 1. The zero-order chi connectivity index (χ0) is 15.8. The molecule has 2 N–H and O–H groups in total. The van der Waals surface area contributed by atoms with Crippen LogP contribution in [0.5, 0.6) is 0 Å². The first-order valence-electron chi connectivity index (χ1n) is 7.96. The van der Waals surface area contributed by atoms with E-state index < -0.39 is 0 Å². The quantitative estimate of drug-likeness (QED) is 0.764. The summed E-state index contributed by atoms with van der Waals surface area (Å²) < 4.78 is 0. The Kier molecular flexibility index (Phi) is 3.37. The number of carbonyl (C=O) groups excluding carboxylic acids is 1. The van der Waals surface area contributed by atoms with Crippen molar-refractivity contribution in [3.63, 3.8) is 0 Å². The van der Waals surface area contributed by atoms with Gasteiger partial charge < -0.3 is 4.90 Å². The molecule has 23 heavy (non-hydrogen) atoms. The van der Waals surface area contributed by atoms with Crippen LogP contribution in [0, 0.1) is 6.92 Å². The van der Waals surface area contributed by atoms with E-state index in [-0.39, 0.29) is 5.91 Å². The monoisotopic (exact) mass is 309 g/mol. The molecule has 0 radical (unpaired) electrons. The fourth-order valence-electron chi connectivity index (χ4n) is 3.44. The Hall–Kier alpha value is -2.63. The lowest BCUT2D eigenvalue weighted by Gasteiger charge is -2.32. The van der Waals surface area contributed by atoms with E-state index in [9.17, 15) is 4.79 Å². The van der Waals surface area contributed by atoms with E-state index in [0.29, 0.717) is 18.2 Å². The van der Waals surface area contributed by atoms with Crippen LogP contribution in [-0.4, -0.2) is 44.3 Å². The number of nitrogens with one attached hydrogen (secondary N) is 2. The first-order valence-corrected chi connectivity index (χ1v) is 7.96. The van der Waals surface area contributed by atoms with E-state index >= 15 is 0 Å². The van der Waals surface area contributed by atoms with Crippen LogP contribution in [0.3, 0.4) is 0 Å². The molecule has 2 aromatic heterocycles. The maximum absolute atomic E-state index is 12.9. The van der Waals surface area contributed by atoms with Crippen molar-refractivity contribution in [1.82, 2.24) is 25.3 Å². The van der Waals surface area contributed by atoms with Crippen LogP contribution in [-0.2, 0) is 0 Å². The molecule has 3 heterocycles. The summed E-state index contributed by atoms with van der Waals surface area (Å²) in [5.41, 5.74) is 3.72. The SMILES string of the molecule is Cc1cn[nH]c1[C@H]1CCCN(C(=O)c2n[nH]c3ccccc23)C1. The number of rotatable bonds is 2. The van der Waals surface area contributed by atoms with Crippen LogP contribution in [0.1, 0.15) is 40.5 Å². The van der Waals surface area contributed by atoms with E-state index in [0.717, 1.165) is 41.5 Å². The van der Waals surface area contributed by atoms with Crippen LogP contribution in [0.25, 0.3) is 10.9 Å². The predicted molar refractivity (Wildman–Crippen MR) is 87.3 cm³/mol. The van der Waals surface area contributed by atoms with Gasteiger partial charge in [-0.3, -0.25) is 15.0 Å². The van der Waals surface area contributed by atoms with Gasteiger partial charge in [0.05, 0.1) is 11.7 Å². The van der Waals surface area contributed by atoms with Gasteiger partial charge in [-0.05, 0) is 31.4 Å². The second kappa shape index (κ2) is 5.53. The van der Waals surface area contributed by atoms with Gasteiger partial charge in [-0.2, -0.15) is 10.2 Å². The van der Waals surface area contributed by atoms with Gasteiger partial charge in [-0.25, -0.2) is 0 Å². The highest BCUT2D eigenvalue weighted by atomic mass is 16.2. The second-order valence-electron chi connectivity index (χ2n) is 6.17. The normalized spacial score (nSPS) is 18.5. The van der Waals surface area contributed by atoms with E-state index in [1.807, 2.05) is 35.4 Å². The Labute approximate surface area is 133 Å². The molecule has 0 aliphatic carbocycles. The maximum Gasteiger partial charge on any atom is 0.275 e. The minimum absolute atomic E-state index is 0.00400. The highest BCUT2D eigenvalue weighted by molar-refractivity contribution is 6.04. The Morgan fingerprint density at radius 2 is 2.17 bits per heavy atom. The lowest BCUT2D eigenvalue weighted by molar-refractivity contribution is 0.0701. The summed E-state index contributed by atoms with van der Waals surface area (Å²) in [6.07, 6.45) is 3.92. The number of hydrogen-bond donors (Lipinski definition) is 2. The molecule has 0 spiro atoms. The summed E-state index contributed by atoms with van der Waals surface area (Å²) in [4.78, 5) is 14.8. The Morgan fingerprint density at radius 3 is 3.00 bits per heavy atom. The minimum Gasteiger partial charge on any atom is -0.337 e. The molecule has 1 aromatic carbocycles. The lowest BCUT2D eigenvalue weighted by atomic mass is 9.92. The second-order valence-corrected chi connectivity index (χ2v) is 6.17. The van der Waals surface area contributed by atoms with Crippen LogP contribution >= 0.6 is 0 Å². The summed E-state index contributed by atoms with van der Waals surface area (Å²) in [6, 6.07) is 7.74. The minimum atomic E-state index is 0.00400. The van der Waals surface area contributed by atoms with Crippen molar-refractivity contribution in [2.75, 3.05) is 13.1 Å². The van der Waals surface area contributed by atoms with E-state index in [4.69, 9.17) is 0 Å². The molecule has 6 nitrogen and oxygen atoms in total. The van der Waals surface area contributed by atoms with Crippen molar-refractivity contribution in [2.24, 2.45) is 0 Å². The standard InChI is InChI=1S/C17H19N5O/c1-11-9-18-20-15(11)12-5-4-8-22(10-12)17(23)16-13-6-2-3-7-14(13)19-21-16/h2-3,6-7,9,12H,4-5,8,10H2,1H3,(H,18,20)(H,19,21)/t12-/m0/s1. The first-order chi connectivity index (χ1) is 11.2.